The van der Waals surface area contributed by atoms with Crippen molar-refractivity contribution in [2.24, 2.45) is 17.8 Å². The molecule has 1 nitrogen and oxygen atoms in total. The SMILES string of the molecule is Cc1cc(C)c(C(O)C2CC(C)CC(C)C2)cc1C. The number of hydrogen-bond acceptors (Lipinski definition) is 1. The minimum Gasteiger partial charge on any atom is -0.388 e. The number of aryl methyl sites for hydroxylation is 3. The molecular formula is C18H28O. The van der Waals surface area contributed by atoms with Crippen LogP contribution in [0.2, 0.25) is 0 Å². The van der Waals surface area contributed by atoms with E-state index in [0.717, 1.165) is 30.2 Å². The number of aliphatic hydroxyl groups excluding tert-OH is 1. The summed E-state index contributed by atoms with van der Waals surface area (Å²) in [6.45, 7) is 11.0. The van der Waals surface area contributed by atoms with Gasteiger partial charge < -0.3 is 5.11 Å². The van der Waals surface area contributed by atoms with Crippen molar-refractivity contribution in [3.05, 3.63) is 34.4 Å². The van der Waals surface area contributed by atoms with Crippen LogP contribution in [0, 0.1) is 38.5 Å². The maximum atomic E-state index is 10.8. The molecule has 106 valence electrons. The first-order chi connectivity index (χ1) is 8.88. The number of aliphatic hydroxyl groups is 1. The van der Waals surface area contributed by atoms with Gasteiger partial charge in [-0.15, -0.1) is 0 Å². The molecule has 1 heteroatoms. The molecule has 1 aromatic carbocycles. The van der Waals surface area contributed by atoms with Crippen LogP contribution in [0.25, 0.3) is 0 Å². The molecule has 0 radical (unpaired) electrons. The summed E-state index contributed by atoms with van der Waals surface area (Å²) in [5.41, 5.74) is 4.99. The molecule has 2 rings (SSSR count). The number of benzene rings is 1. The summed E-state index contributed by atoms with van der Waals surface area (Å²) in [5, 5.41) is 10.8. The molecular weight excluding hydrogens is 232 g/mol. The van der Waals surface area contributed by atoms with E-state index in [1.54, 1.807) is 0 Å². The molecule has 1 N–H and O–H groups in total. The van der Waals surface area contributed by atoms with Gasteiger partial charge in [-0.1, -0.05) is 26.0 Å². The molecule has 0 aliphatic heterocycles. The second-order valence-electron chi connectivity index (χ2n) is 6.92. The van der Waals surface area contributed by atoms with Crippen LogP contribution in [-0.2, 0) is 0 Å². The fourth-order valence-corrected chi connectivity index (χ4v) is 3.82. The van der Waals surface area contributed by atoms with Crippen molar-refractivity contribution in [3.8, 4) is 0 Å². The zero-order chi connectivity index (χ0) is 14.2. The van der Waals surface area contributed by atoms with Crippen LogP contribution in [0.1, 0.15) is 61.5 Å². The number of rotatable bonds is 2. The van der Waals surface area contributed by atoms with Gasteiger partial charge in [-0.05, 0) is 80.0 Å². The summed E-state index contributed by atoms with van der Waals surface area (Å²) in [4.78, 5) is 0. The van der Waals surface area contributed by atoms with E-state index >= 15 is 0 Å². The standard InChI is InChI=1S/C18H28O/c1-11-6-12(2)8-16(7-11)18(19)17-10-14(4)13(3)9-15(17)5/h9-12,16,18-19H,6-8H2,1-5H3. The third kappa shape index (κ3) is 3.20. The first-order valence-electron chi connectivity index (χ1n) is 7.64. The fraction of sp³-hybridized carbons (Fsp3) is 0.667. The Hall–Kier alpha value is -0.820. The highest BCUT2D eigenvalue weighted by Gasteiger charge is 2.30. The lowest BCUT2D eigenvalue weighted by molar-refractivity contribution is 0.0547. The maximum Gasteiger partial charge on any atom is 0.0821 e. The molecule has 1 saturated carbocycles. The average molecular weight is 260 g/mol. The smallest absolute Gasteiger partial charge is 0.0821 e. The summed E-state index contributed by atoms with van der Waals surface area (Å²) in [6.07, 6.45) is 3.36. The molecule has 1 fully saturated rings. The molecule has 1 aliphatic rings. The lowest BCUT2D eigenvalue weighted by Crippen LogP contribution is -2.25. The van der Waals surface area contributed by atoms with Gasteiger partial charge in [0.2, 0.25) is 0 Å². The van der Waals surface area contributed by atoms with Crippen molar-refractivity contribution < 1.29 is 5.11 Å². The van der Waals surface area contributed by atoms with Gasteiger partial charge in [0, 0.05) is 0 Å². The van der Waals surface area contributed by atoms with Crippen molar-refractivity contribution in [2.75, 3.05) is 0 Å². The summed E-state index contributed by atoms with van der Waals surface area (Å²) >= 11 is 0. The highest BCUT2D eigenvalue weighted by Crippen LogP contribution is 2.40. The highest BCUT2D eigenvalue weighted by atomic mass is 16.3. The van der Waals surface area contributed by atoms with Gasteiger partial charge in [0.15, 0.2) is 0 Å². The Morgan fingerprint density at radius 3 is 2.00 bits per heavy atom. The van der Waals surface area contributed by atoms with Gasteiger partial charge in [-0.25, -0.2) is 0 Å². The van der Waals surface area contributed by atoms with Crippen LogP contribution in [0.4, 0.5) is 0 Å². The molecule has 0 heterocycles. The Bertz CT molecular complexity index is 439. The lowest BCUT2D eigenvalue weighted by Gasteiger charge is -2.35. The second kappa shape index (κ2) is 5.66. The van der Waals surface area contributed by atoms with Crippen LogP contribution < -0.4 is 0 Å². The fourth-order valence-electron chi connectivity index (χ4n) is 3.82. The molecule has 0 amide bonds. The van der Waals surface area contributed by atoms with Crippen molar-refractivity contribution >= 4 is 0 Å². The molecule has 0 aromatic heterocycles. The Morgan fingerprint density at radius 2 is 1.42 bits per heavy atom. The predicted molar refractivity (Wildman–Crippen MR) is 81.3 cm³/mol. The molecule has 0 bridgehead atoms. The summed E-state index contributed by atoms with van der Waals surface area (Å²) in [7, 11) is 0. The Morgan fingerprint density at radius 1 is 0.895 bits per heavy atom. The molecule has 1 aliphatic carbocycles. The van der Waals surface area contributed by atoms with Crippen LogP contribution in [-0.4, -0.2) is 5.11 Å². The maximum absolute atomic E-state index is 10.8. The van der Waals surface area contributed by atoms with Crippen molar-refractivity contribution in [3.63, 3.8) is 0 Å². The monoisotopic (exact) mass is 260 g/mol. The van der Waals surface area contributed by atoms with E-state index in [2.05, 4.69) is 46.8 Å². The normalized spacial score (nSPS) is 29.3. The van der Waals surface area contributed by atoms with Gasteiger partial charge in [-0.2, -0.15) is 0 Å². The van der Waals surface area contributed by atoms with E-state index < -0.39 is 0 Å². The summed E-state index contributed by atoms with van der Waals surface area (Å²) in [5.74, 6) is 1.92. The second-order valence-corrected chi connectivity index (χ2v) is 6.92. The molecule has 3 unspecified atom stereocenters. The minimum absolute atomic E-state index is 0.288. The van der Waals surface area contributed by atoms with Crippen molar-refractivity contribution in [1.29, 1.82) is 0 Å². The Kier molecular flexibility index (Phi) is 4.35. The zero-order valence-electron chi connectivity index (χ0n) is 13.0. The van der Waals surface area contributed by atoms with E-state index in [4.69, 9.17) is 0 Å². The zero-order valence-corrected chi connectivity index (χ0v) is 13.0. The van der Waals surface area contributed by atoms with Gasteiger partial charge in [0.25, 0.3) is 0 Å². The third-order valence-electron chi connectivity index (χ3n) is 4.86. The average Bonchev–Trinajstić information content (AvgIpc) is 2.31. The number of hydrogen-bond donors (Lipinski definition) is 1. The third-order valence-corrected chi connectivity index (χ3v) is 4.86. The van der Waals surface area contributed by atoms with Gasteiger partial charge in [0.1, 0.15) is 0 Å². The molecule has 1 aromatic rings. The van der Waals surface area contributed by atoms with Crippen LogP contribution >= 0.6 is 0 Å². The minimum atomic E-state index is -0.288. The van der Waals surface area contributed by atoms with Crippen LogP contribution in [0.3, 0.4) is 0 Å². The van der Waals surface area contributed by atoms with Crippen molar-refractivity contribution in [2.45, 2.75) is 60.0 Å². The quantitative estimate of drug-likeness (QED) is 0.816. The Labute approximate surface area is 118 Å². The molecule has 0 saturated heterocycles. The summed E-state index contributed by atoms with van der Waals surface area (Å²) < 4.78 is 0. The van der Waals surface area contributed by atoms with Gasteiger partial charge in [-0.3, -0.25) is 0 Å². The molecule has 0 spiro atoms. The van der Waals surface area contributed by atoms with Crippen LogP contribution in [0.5, 0.6) is 0 Å². The highest BCUT2D eigenvalue weighted by molar-refractivity contribution is 5.37. The largest absolute Gasteiger partial charge is 0.388 e. The molecule has 3 atom stereocenters. The van der Waals surface area contributed by atoms with Gasteiger partial charge in [0.05, 0.1) is 6.10 Å². The topological polar surface area (TPSA) is 20.2 Å². The van der Waals surface area contributed by atoms with Crippen LogP contribution in [0.15, 0.2) is 12.1 Å². The Balaban J connectivity index is 2.23. The summed E-state index contributed by atoms with van der Waals surface area (Å²) in [6, 6.07) is 4.41. The van der Waals surface area contributed by atoms with E-state index in [1.165, 1.54) is 23.1 Å². The van der Waals surface area contributed by atoms with E-state index in [-0.39, 0.29) is 6.10 Å². The van der Waals surface area contributed by atoms with E-state index in [0.29, 0.717) is 5.92 Å². The van der Waals surface area contributed by atoms with E-state index in [9.17, 15) is 5.11 Å². The first-order valence-corrected chi connectivity index (χ1v) is 7.64. The molecule has 19 heavy (non-hydrogen) atoms. The lowest BCUT2D eigenvalue weighted by atomic mass is 9.73. The predicted octanol–water partition coefficient (Wildman–Crippen LogP) is 4.72. The first kappa shape index (κ1) is 14.6. The van der Waals surface area contributed by atoms with Gasteiger partial charge >= 0.3 is 0 Å². The van der Waals surface area contributed by atoms with Crippen molar-refractivity contribution in [1.82, 2.24) is 0 Å². The van der Waals surface area contributed by atoms with E-state index in [1.807, 2.05) is 0 Å².